The van der Waals surface area contributed by atoms with Gasteiger partial charge in [0.1, 0.15) is 5.60 Å². The molecule has 0 aromatic carbocycles. The first-order valence-electron chi connectivity index (χ1n) is 8.12. The number of hydrogen-bond donors (Lipinski definition) is 2. The zero-order valence-corrected chi connectivity index (χ0v) is 17.9. The lowest BCUT2D eigenvalue weighted by atomic mass is 10.2. The summed E-state index contributed by atoms with van der Waals surface area (Å²) >= 11 is 3.01. The Morgan fingerprint density at radius 2 is 1.63 bits per heavy atom. The maximum Gasteiger partial charge on any atom is 0.412 e. The summed E-state index contributed by atoms with van der Waals surface area (Å²) < 4.78 is 35.9. The Morgan fingerprint density at radius 1 is 1.07 bits per heavy atom. The van der Waals surface area contributed by atoms with E-state index in [-0.39, 0.29) is 11.4 Å². The van der Waals surface area contributed by atoms with Gasteiger partial charge in [0.15, 0.2) is 23.0 Å². The predicted octanol–water partition coefficient (Wildman–Crippen LogP) is 4.04. The maximum atomic E-state index is 13.3. The highest BCUT2D eigenvalue weighted by molar-refractivity contribution is 9.10. The first-order chi connectivity index (χ1) is 13.8. The van der Waals surface area contributed by atoms with Gasteiger partial charge in [0.25, 0.3) is 0 Å². The number of amides is 1. The average Bonchev–Trinajstić information content (AvgIpc) is 2.59. The molecule has 0 saturated heterocycles. The fraction of sp³-hybridized carbons (Fsp3) is 0.278. The molecule has 0 aliphatic carbocycles. The Hall–Kier alpha value is -3.15. The number of nitrogens with one attached hydrogen (secondary N) is 1. The monoisotopic (exact) mass is 489 g/mol. The third-order valence-electron chi connectivity index (χ3n) is 2.88. The number of pyridine rings is 2. The summed E-state index contributed by atoms with van der Waals surface area (Å²) in [5, 5.41) is 10.8. The lowest BCUT2D eigenvalue weighted by Gasteiger charge is -2.19. The highest BCUT2D eigenvalue weighted by atomic mass is 79.9. The first-order valence-corrected chi connectivity index (χ1v) is 8.91. The number of carbonyl (C=O) groups excluding carboxylic acids is 2. The van der Waals surface area contributed by atoms with Crippen LogP contribution in [0, 0.1) is 11.6 Å². The molecule has 12 heteroatoms. The van der Waals surface area contributed by atoms with Crippen LogP contribution in [0.15, 0.2) is 29.0 Å². The zero-order chi connectivity index (χ0) is 23.1. The van der Waals surface area contributed by atoms with Crippen LogP contribution in [-0.2, 0) is 9.47 Å². The number of esters is 1. The molecule has 0 aliphatic heterocycles. The standard InChI is InChI=1S/C11H13FN2O4.C7H5BrFNO2/c1-11(2,3)18-10(17)14-6-4-7(12)8(9(15)16)13-5-6;1-12-7(11)6-5(9)2-4(8)3-10-6/h4-5H,1-3H3,(H,14,17)(H,15,16);2-3H,1H3. The van der Waals surface area contributed by atoms with E-state index in [4.69, 9.17) is 9.84 Å². The lowest BCUT2D eigenvalue weighted by molar-refractivity contribution is 0.0585. The molecular weight excluding hydrogens is 472 g/mol. The minimum Gasteiger partial charge on any atom is -0.476 e. The van der Waals surface area contributed by atoms with E-state index in [0.29, 0.717) is 4.47 Å². The Labute approximate surface area is 178 Å². The van der Waals surface area contributed by atoms with Gasteiger partial charge in [-0.2, -0.15) is 0 Å². The number of nitrogens with zero attached hydrogens (tertiary/aromatic N) is 2. The normalized spacial score (nSPS) is 10.4. The number of carboxylic acid groups (broad SMARTS) is 1. The molecule has 0 bridgehead atoms. The fourth-order valence-corrected chi connectivity index (χ4v) is 2.05. The molecule has 2 N–H and O–H groups in total. The van der Waals surface area contributed by atoms with Gasteiger partial charge in [-0.15, -0.1) is 0 Å². The van der Waals surface area contributed by atoms with Crippen LogP contribution in [-0.4, -0.2) is 45.8 Å². The van der Waals surface area contributed by atoms with Crippen molar-refractivity contribution in [3.8, 4) is 0 Å². The van der Waals surface area contributed by atoms with E-state index >= 15 is 0 Å². The Bertz CT molecular complexity index is 950. The van der Waals surface area contributed by atoms with Gasteiger partial charge >= 0.3 is 18.0 Å². The van der Waals surface area contributed by atoms with Crippen LogP contribution in [0.1, 0.15) is 41.7 Å². The number of rotatable bonds is 3. The zero-order valence-electron chi connectivity index (χ0n) is 16.3. The van der Waals surface area contributed by atoms with Crippen molar-refractivity contribution in [3.63, 3.8) is 0 Å². The number of methoxy groups -OCH3 is 1. The van der Waals surface area contributed by atoms with Crippen LogP contribution < -0.4 is 5.32 Å². The van der Waals surface area contributed by atoms with E-state index < -0.39 is 41.0 Å². The van der Waals surface area contributed by atoms with Gasteiger partial charge in [0.05, 0.1) is 19.0 Å². The molecule has 2 aromatic rings. The van der Waals surface area contributed by atoms with Crippen LogP contribution in [0.25, 0.3) is 0 Å². The number of anilines is 1. The number of hydrogen-bond acceptors (Lipinski definition) is 7. The van der Waals surface area contributed by atoms with E-state index in [0.717, 1.165) is 18.3 Å². The average molecular weight is 490 g/mol. The van der Waals surface area contributed by atoms with E-state index in [1.54, 1.807) is 20.8 Å². The maximum absolute atomic E-state index is 13.3. The highest BCUT2D eigenvalue weighted by Crippen LogP contribution is 2.14. The quantitative estimate of drug-likeness (QED) is 0.618. The molecule has 0 aliphatic rings. The molecule has 2 aromatic heterocycles. The van der Waals surface area contributed by atoms with Crippen LogP contribution in [0.4, 0.5) is 19.3 Å². The first kappa shape index (κ1) is 24.9. The molecule has 0 fully saturated rings. The second-order valence-corrected chi connectivity index (χ2v) is 7.38. The number of aromatic nitrogens is 2. The third-order valence-corrected chi connectivity index (χ3v) is 3.31. The molecule has 0 unspecified atom stereocenters. The van der Waals surface area contributed by atoms with Crippen molar-refractivity contribution in [3.05, 3.63) is 52.0 Å². The van der Waals surface area contributed by atoms with Crippen molar-refractivity contribution in [2.45, 2.75) is 26.4 Å². The van der Waals surface area contributed by atoms with Crippen molar-refractivity contribution in [2.75, 3.05) is 12.4 Å². The number of halogens is 3. The van der Waals surface area contributed by atoms with E-state index in [1.807, 2.05) is 0 Å². The van der Waals surface area contributed by atoms with Gasteiger partial charge in [-0.3, -0.25) is 5.32 Å². The molecule has 30 heavy (non-hydrogen) atoms. The minimum atomic E-state index is -1.48. The van der Waals surface area contributed by atoms with Crippen molar-refractivity contribution >= 4 is 39.6 Å². The summed E-state index contributed by atoms with van der Waals surface area (Å²) in [5.41, 5.74) is -1.67. The van der Waals surface area contributed by atoms with Gasteiger partial charge < -0.3 is 14.6 Å². The summed E-state index contributed by atoms with van der Waals surface area (Å²) in [5.74, 6) is -3.98. The second kappa shape index (κ2) is 10.6. The van der Waals surface area contributed by atoms with Gasteiger partial charge in [-0.1, -0.05) is 0 Å². The molecule has 0 radical (unpaired) electrons. The van der Waals surface area contributed by atoms with Crippen molar-refractivity contribution in [1.29, 1.82) is 0 Å². The molecule has 0 atom stereocenters. The highest BCUT2D eigenvalue weighted by Gasteiger charge is 2.18. The summed E-state index contributed by atoms with van der Waals surface area (Å²) in [4.78, 5) is 39.6. The Morgan fingerprint density at radius 3 is 2.10 bits per heavy atom. The second-order valence-electron chi connectivity index (χ2n) is 6.46. The van der Waals surface area contributed by atoms with Crippen LogP contribution >= 0.6 is 15.9 Å². The van der Waals surface area contributed by atoms with E-state index in [2.05, 4.69) is 36.0 Å². The summed E-state index contributed by atoms with van der Waals surface area (Å²) in [6, 6.07) is 2.01. The largest absolute Gasteiger partial charge is 0.476 e. The number of aromatic carboxylic acids is 1. The molecule has 162 valence electrons. The number of carbonyl (C=O) groups is 3. The molecule has 1 amide bonds. The topological polar surface area (TPSA) is 128 Å². The third kappa shape index (κ3) is 8.07. The number of carboxylic acids is 1. The fourth-order valence-electron chi connectivity index (χ4n) is 1.75. The van der Waals surface area contributed by atoms with E-state index in [1.165, 1.54) is 13.3 Å². The SMILES string of the molecule is CC(C)(C)OC(=O)Nc1cnc(C(=O)O)c(F)c1.COC(=O)c1ncc(Br)cc1F. The van der Waals surface area contributed by atoms with E-state index in [9.17, 15) is 23.2 Å². The van der Waals surface area contributed by atoms with Gasteiger partial charge in [-0.25, -0.2) is 33.1 Å². The van der Waals surface area contributed by atoms with Crippen molar-refractivity contribution in [1.82, 2.24) is 9.97 Å². The summed E-state index contributed by atoms with van der Waals surface area (Å²) in [6.45, 7) is 5.04. The van der Waals surface area contributed by atoms with Crippen molar-refractivity contribution < 1.29 is 37.7 Å². The molecule has 2 heterocycles. The Balaban J connectivity index is 0.000000325. The minimum absolute atomic E-state index is 0.0201. The molecule has 9 nitrogen and oxygen atoms in total. The Kier molecular flexibility index (Phi) is 8.77. The molecular formula is C18H18BrF2N3O6. The van der Waals surface area contributed by atoms with Gasteiger partial charge in [0.2, 0.25) is 0 Å². The van der Waals surface area contributed by atoms with Crippen molar-refractivity contribution in [2.24, 2.45) is 0 Å². The van der Waals surface area contributed by atoms with Crippen LogP contribution in [0.3, 0.4) is 0 Å². The van der Waals surface area contributed by atoms with Crippen LogP contribution in [0.5, 0.6) is 0 Å². The van der Waals surface area contributed by atoms with Gasteiger partial charge in [-0.05, 0) is 42.8 Å². The molecule has 0 spiro atoms. The van der Waals surface area contributed by atoms with Crippen LogP contribution in [0.2, 0.25) is 0 Å². The number of ether oxygens (including phenoxy) is 2. The molecule has 2 rings (SSSR count). The smallest absolute Gasteiger partial charge is 0.412 e. The lowest BCUT2D eigenvalue weighted by Crippen LogP contribution is -2.27. The molecule has 0 saturated carbocycles. The predicted molar refractivity (Wildman–Crippen MR) is 104 cm³/mol. The summed E-state index contributed by atoms with van der Waals surface area (Å²) in [7, 11) is 1.17. The van der Waals surface area contributed by atoms with Gasteiger partial charge in [0, 0.05) is 16.7 Å². The summed E-state index contributed by atoms with van der Waals surface area (Å²) in [6.07, 6.45) is 1.60.